The second kappa shape index (κ2) is 7.23. The van der Waals surface area contributed by atoms with Gasteiger partial charge in [-0.05, 0) is 36.4 Å². The molecule has 9 heteroatoms. The van der Waals surface area contributed by atoms with Gasteiger partial charge in [0.2, 0.25) is 10.0 Å². The van der Waals surface area contributed by atoms with Crippen LogP contribution < -0.4 is 19.5 Å². The number of rotatable bonds is 3. The molecule has 2 aliphatic heterocycles. The van der Waals surface area contributed by atoms with E-state index < -0.39 is 15.7 Å². The fourth-order valence-electron chi connectivity index (χ4n) is 3.80. The molecule has 8 nitrogen and oxygen atoms in total. The van der Waals surface area contributed by atoms with Gasteiger partial charge in [-0.3, -0.25) is 4.79 Å². The molecule has 0 bridgehead atoms. The fraction of sp³-hybridized carbons (Fsp3) is 0.350. The number of anilines is 1. The van der Waals surface area contributed by atoms with Crippen LogP contribution in [0.3, 0.4) is 0 Å². The van der Waals surface area contributed by atoms with Gasteiger partial charge < -0.3 is 19.7 Å². The smallest absolute Gasteiger partial charge is 0.253 e. The van der Waals surface area contributed by atoms with Gasteiger partial charge in [0.1, 0.15) is 22.1 Å². The van der Waals surface area contributed by atoms with E-state index in [9.17, 15) is 13.2 Å². The number of carbonyl (C=O) groups excluding carboxylic acids is 1. The molecule has 2 N–H and O–H groups in total. The first kappa shape index (κ1) is 19.5. The van der Waals surface area contributed by atoms with E-state index in [1.165, 1.54) is 13.2 Å². The van der Waals surface area contributed by atoms with Gasteiger partial charge in [0.25, 0.3) is 5.91 Å². The lowest BCUT2D eigenvalue weighted by molar-refractivity contribution is 0.0676. The van der Waals surface area contributed by atoms with Gasteiger partial charge in [0.05, 0.1) is 19.9 Å². The summed E-state index contributed by atoms with van der Waals surface area (Å²) in [4.78, 5) is 14.7. The van der Waals surface area contributed by atoms with Crippen LogP contribution in [0.2, 0.25) is 0 Å². The molecule has 2 aromatic carbocycles. The molecule has 2 aliphatic rings. The van der Waals surface area contributed by atoms with Gasteiger partial charge in [-0.1, -0.05) is 0 Å². The first-order chi connectivity index (χ1) is 13.9. The van der Waals surface area contributed by atoms with Gasteiger partial charge in [-0.2, -0.15) is 4.72 Å². The zero-order valence-electron chi connectivity index (χ0n) is 16.3. The van der Waals surface area contributed by atoms with Crippen molar-refractivity contribution in [3.05, 3.63) is 48.0 Å². The Labute approximate surface area is 169 Å². The summed E-state index contributed by atoms with van der Waals surface area (Å²) in [5.74, 6) is 1.19. The molecule has 0 aromatic heterocycles. The highest BCUT2D eigenvalue weighted by Gasteiger charge is 2.44. The van der Waals surface area contributed by atoms with E-state index >= 15 is 0 Å². The van der Waals surface area contributed by atoms with Gasteiger partial charge in [-0.15, -0.1) is 0 Å². The Bertz CT molecular complexity index is 1030. The molecule has 0 atom stereocenters. The zero-order valence-corrected chi connectivity index (χ0v) is 17.1. The lowest BCUT2D eigenvalue weighted by Crippen LogP contribution is -2.62. The molecule has 0 radical (unpaired) electrons. The van der Waals surface area contributed by atoms with E-state index in [1.54, 1.807) is 48.4 Å². The summed E-state index contributed by atoms with van der Waals surface area (Å²) >= 11 is 0. The van der Waals surface area contributed by atoms with Crippen LogP contribution in [0.15, 0.2) is 47.4 Å². The second-order valence-electron chi connectivity index (χ2n) is 7.20. The lowest BCUT2D eigenvalue weighted by Gasteiger charge is -2.45. The summed E-state index contributed by atoms with van der Waals surface area (Å²) in [7, 11) is -0.544. The maximum absolute atomic E-state index is 12.8. The number of ether oxygens (including phenoxy) is 2. The van der Waals surface area contributed by atoms with E-state index in [-0.39, 0.29) is 10.8 Å². The number of fused-ring (bicyclic) bond motifs is 1. The molecule has 1 spiro atoms. The van der Waals surface area contributed by atoms with Crippen LogP contribution in [-0.2, 0) is 10.0 Å². The minimum Gasteiger partial charge on any atom is -0.497 e. The van der Waals surface area contributed by atoms with Crippen LogP contribution in [0.25, 0.3) is 0 Å². The Morgan fingerprint density at radius 3 is 2.24 bits per heavy atom. The second-order valence-corrected chi connectivity index (χ2v) is 8.85. The molecule has 4 rings (SSSR count). The molecule has 2 aromatic rings. The number of methoxy groups -OCH3 is 2. The van der Waals surface area contributed by atoms with E-state index in [0.29, 0.717) is 48.7 Å². The summed E-state index contributed by atoms with van der Waals surface area (Å²) < 4.78 is 38.6. The van der Waals surface area contributed by atoms with Crippen molar-refractivity contribution in [3.63, 3.8) is 0 Å². The van der Waals surface area contributed by atoms with Gasteiger partial charge in [0, 0.05) is 37.6 Å². The molecule has 0 saturated carbocycles. The number of hydrogen-bond acceptors (Lipinski definition) is 6. The Balaban J connectivity index is 1.51. The van der Waals surface area contributed by atoms with E-state index in [2.05, 4.69) is 10.0 Å². The van der Waals surface area contributed by atoms with Crippen molar-refractivity contribution >= 4 is 21.6 Å². The van der Waals surface area contributed by atoms with Crippen LogP contribution in [-0.4, -0.2) is 52.2 Å². The quantitative estimate of drug-likeness (QED) is 0.793. The maximum atomic E-state index is 12.8. The largest absolute Gasteiger partial charge is 0.497 e. The molecule has 2 heterocycles. The average molecular weight is 417 g/mol. The van der Waals surface area contributed by atoms with E-state index in [1.807, 2.05) is 0 Å². The molecule has 1 saturated heterocycles. The molecule has 154 valence electrons. The molecule has 0 aliphatic carbocycles. The monoisotopic (exact) mass is 417 g/mol. The predicted octanol–water partition coefficient (Wildman–Crippen LogP) is 2.04. The normalized spacial score (nSPS) is 19.2. The molecule has 1 fully saturated rings. The molecule has 0 unspecified atom stereocenters. The van der Waals surface area contributed by atoms with Gasteiger partial charge in [-0.25, -0.2) is 8.42 Å². The number of carbonyl (C=O) groups is 1. The third-order valence-electron chi connectivity index (χ3n) is 5.42. The Morgan fingerprint density at radius 2 is 1.62 bits per heavy atom. The van der Waals surface area contributed by atoms with Crippen molar-refractivity contribution < 1.29 is 22.7 Å². The van der Waals surface area contributed by atoms with Crippen molar-refractivity contribution in [1.29, 1.82) is 0 Å². The molecule has 1 amide bonds. The summed E-state index contributed by atoms with van der Waals surface area (Å²) in [5, 5.41) is 3.33. The number of benzene rings is 2. The maximum Gasteiger partial charge on any atom is 0.253 e. The highest BCUT2D eigenvalue weighted by molar-refractivity contribution is 7.89. The number of piperidine rings is 1. The number of nitrogens with zero attached hydrogens (tertiary/aromatic N) is 1. The first-order valence-electron chi connectivity index (χ1n) is 9.29. The summed E-state index contributed by atoms with van der Waals surface area (Å²) in [5.41, 5.74) is 0.265. The van der Waals surface area contributed by atoms with Crippen LogP contribution >= 0.6 is 0 Å². The van der Waals surface area contributed by atoms with Crippen LogP contribution in [0.1, 0.15) is 23.2 Å². The number of hydrogen-bond donors (Lipinski definition) is 2. The van der Waals surface area contributed by atoms with Crippen LogP contribution in [0.4, 0.5) is 5.69 Å². The zero-order chi connectivity index (χ0) is 20.6. The summed E-state index contributed by atoms with van der Waals surface area (Å²) in [6, 6.07) is 11.8. The minimum atomic E-state index is -3.66. The summed E-state index contributed by atoms with van der Waals surface area (Å²) in [6.07, 6.45) is 0.898. The van der Waals surface area contributed by atoms with Crippen molar-refractivity contribution in [1.82, 2.24) is 9.62 Å². The predicted molar refractivity (Wildman–Crippen MR) is 108 cm³/mol. The van der Waals surface area contributed by atoms with Gasteiger partial charge >= 0.3 is 0 Å². The highest BCUT2D eigenvalue weighted by atomic mass is 32.2. The third kappa shape index (κ3) is 3.63. The number of nitrogens with one attached hydrogen (secondary N) is 2. The van der Waals surface area contributed by atoms with Crippen molar-refractivity contribution in [2.45, 2.75) is 23.4 Å². The topological polar surface area (TPSA) is 97.0 Å². The first-order valence-corrected chi connectivity index (χ1v) is 10.8. The Morgan fingerprint density at radius 1 is 1.00 bits per heavy atom. The minimum absolute atomic E-state index is 0.0803. The van der Waals surface area contributed by atoms with Gasteiger partial charge in [0.15, 0.2) is 0 Å². The van der Waals surface area contributed by atoms with Crippen LogP contribution in [0.5, 0.6) is 11.5 Å². The van der Waals surface area contributed by atoms with E-state index in [0.717, 1.165) is 0 Å². The number of sulfonamides is 1. The van der Waals surface area contributed by atoms with Crippen molar-refractivity contribution in [2.24, 2.45) is 0 Å². The van der Waals surface area contributed by atoms with Crippen molar-refractivity contribution in [3.8, 4) is 11.5 Å². The summed E-state index contributed by atoms with van der Waals surface area (Å²) in [6.45, 7) is 0.860. The van der Waals surface area contributed by atoms with Crippen molar-refractivity contribution in [2.75, 3.05) is 32.6 Å². The lowest BCUT2D eigenvalue weighted by atomic mass is 9.96. The third-order valence-corrected chi connectivity index (χ3v) is 7.02. The number of likely N-dealkylation sites (tertiary alicyclic amines) is 1. The molecular formula is C20H23N3O5S. The molecular weight excluding hydrogens is 394 g/mol. The van der Waals surface area contributed by atoms with Crippen LogP contribution in [0, 0.1) is 0 Å². The van der Waals surface area contributed by atoms with E-state index in [4.69, 9.17) is 9.47 Å². The standard InChI is InChI=1S/C20H23N3O5S/c1-27-15-5-3-14(4-6-15)19(24)23-11-9-20(10-12-23)21-17-13-16(28-2)7-8-18(17)29(25,26)22-20/h3-8,13,21-22H,9-12H2,1-2H3. The highest BCUT2D eigenvalue weighted by Crippen LogP contribution is 2.37. The average Bonchev–Trinajstić information content (AvgIpc) is 2.73. The Hall–Kier alpha value is -2.78. The molecule has 29 heavy (non-hydrogen) atoms. The fourth-order valence-corrected chi connectivity index (χ4v) is 5.32. The Kier molecular flexibility index (Phi) is 4.87. The SMILES string of the molecule is COc1ccc(C(=O)N2CCC3(CC2)Nc2cc(OC)ccc2S(=O)(=O)N3)cc1. The number of amides is 1.